The Morgan fingerprint density at radius 1 is 1.47 bits per heavy atom. The van der Waals surface area contributed by atoms with Gasteiger partial charge in [0.05, 0.1) is 5.69 Å². The van der Waals surface area contributed by atoms with Crippen molar-refractivity contribution in [2.45, 2.75) is 6.92 Å². The van der Waals surface area contributed by atoms with Crippen LogP contribution in [0.3, 0.4) is 0 Å². The number of nitrogens with one attached hydrogen (secondary N) is 1. The zero-order chi connectivity index (χ0) is 11.4. The second-order valence-corrected chi connectivity index (χ2v) is 3.10. The van der Waals surface area contributed by atoms with Crippen LogP contribution in [0.25, 0.3) is 0 Å². The van der Waals surface area contributed by atoms with Crippen LogP contribution in [0.4, 0.5) is 10.5 Å². The van der Waals surface area contributed by atoms with E-state index in [4.69, 9.17) is 21.4 Å². The molecule has 6 heteroatoms. The highest BCUT2D eigenvalue weighted by Crippen LogP contribution is 2.28. The first-order chi connectivity index (χ1) is 6.99. The van der Waals surface area contributed by atoms with Crippen LogP contribution in [0, 0.1) is 0 Å². The second kappa shape index (κ2) is 4.65. The number of rotatable bonds is 2. The molecule has 0 aromatic heterocycles. The van der Waals surface area contributed by atoms with Crippen LogP contribution in [0.5, 0.6) is 5.75 Å². The molecule has 2 N–H and O–H groups in total. The number of esters is 1. The highest BCUT2D eigenvalue weighted by Gasteiger charge is 2.09. The third-order valence-electron chi connectivity index (χ3n) is 1.44. The summed E-state index contributed by atoms with van der Waals surface area (Å²) in [6.45, 7) is 1.22. The average molecular weight is 230 g/mol. The fraction of sp³-hybridized carbons (Fsp3) is 0.111. The number of carbonyl (C=O) groups excluding carboxylic acids is 1. The quantitative estimate of drug-likeness (QED) is 0.603. The molecule has 0 heterocycles. The zero-order valence-electron chi connectivity index (χ0n) is 7.78. The van der Waals surface area contributed by atoms with Crippen molar-refractivity contribution in [1.82, 2.24) is 0 Å². The Hall–Kier alpha value is -1.75. The molecule has 0 radical (unpaired) electrons. The van der Waals surface area contributed by atoms with Gasteiger partial charge in [-0.25, -0.2) is 4.79 Å². The first-order valence-corrected chi connectivity index (χ1v) is 4.35. The van der Waals surface area contributed by atoms with Crippen molar-refractivity contribution < 1.29 is 19.4 Å². The summed E-state index contributed by atoms with van der Waals surface area (Å²) in [5.41, 5.74) is 0.130. The largest absolute Gasteiger partial charge is 0.465 e. The number of carboxylic acid groups (broad SMARTS) is 1. The molecule has 1 aromatic rings. The Kier molecular flexibility index (Phi) is 3.51. The number of ether oxygens (including phenoxy) is 1. The van der Waals surface area contributed by atoms with Crippen molar-refractivity contribution in [3.05, 3.63) is 23.2 Å². The third kappa shape index (κ3) is 3.47. The van der Waals surface area contributed by atoms with Crippen LogP contribution < -0.4 is 10.1 Å². The van der Waals surface area contributed by atoms with Crippen LogP contribution in [0.15, 0.2) is 18.2 Å². The minimum absolute atomic E-state index is 0.120. The van der Waals surface area contributed by atoms with Crippen molar-refractivity contribution in [2.75, 3.05) is 5.32 Å². The fourth-order valence-electron chi connectivity index (χ4n) is 0.959. The molecule has 1 aromatic carbocycles. The van der Waals surface area contributed by atoms with E-state index in [1.807, 2.05) is 0 Å². The molecule has 0 saturated heterocycles. The third-order valence-corrected chi connectivity index (χ3v) is 1.67. The summed E-state index contributed by atoms with van der Waals surface area (Å²) in [4.78, 5) is 21.1. The van der Waals surface area contributed by atoms with Gasteiger partial charge in [0.25, 0.3) is 0 Å². The lowest BCUT2D eigenvalue weighted by Crippen LogP contribution is -2.10. The number of anilines is 1. The Bertz CT molecular complexity index is 405. The minimum Gasteiger partial charge on any atom is -0.465 e. The minimum atomic E-state index is -1.26. The van der Waals surface area contributed by atoms with Crippen LogP contribution >= 0.6 is 11.6 Å². The Labute approximate surface area is 90.6 Å². The molecule has 0 saturated carbocycles. The monoisotopic (exact) mass is 229 g/mol. The molecule has 0 atom stereocenters. The molecule has 0 aliphatic carbocycles. The van der Waals surface area contributed by atoms with Gasteiger partial charge in [-0.05, 0) is 18.2 Å². The van der Waals surface area contributed by atoms with E-state index in [1.165, 1.54) is 25.1 Å². The molecule has 0 aliphatic rings. The van der Waals surface area contributed by atoms with Gasteiger partial charge in [0.1, 0.15) is 0 Å². The van der Waals surface area contributed by atoms with E-state index in [9.17, 15) is 9.59 Å². The second-order valence-electron chi connectivity index (χ2n) is 2.66. The van der Waals surface area contributed by atoms with Crippen molar-refractivity contribution >= 4 is 29.4 Å². The van der Waals surface area contributed by atoms with Gasteiger partial charge >= 0.3 is 12.1 Å². The standard InChI is InChI=1S/C9H8ClNO4/c1-5(12)15-8-3-2-6(10)4-7(8)11-9(13)14/h2-4,11H,1H3,(H,13,14). The molecule has 80 valence electrons. The summed E-state index contributed by atoms with van der Waals surface area (Å²) < 4.78 is 4.78. The van der Waals surface area contributed by atoms with E-state index in [0.29, 0.717) is 5.02 Å². The molecule has 0 bridgehead atoms. The predicted molar refractivity (Wildman–Crippen MR) is 54.4 cm³/mol. The number of carbonyl (C=O) groups is 2. The molecule has 0 fully saturated rings. The van der Waals surface area contributed by atoms with E-state index < -0.39 is 12.1 Å². The highest BCUT2D eigenvalue weighted by atomic mass is 35.5. The van der Waals surface area contributed by atoms with Crippen LogP contribution in [0.2, 0.25) is 5.02 Å². The van der Waals surface area contributed by atoms with Gasteiger partial charge in [-0.15, -0.1) is 0 Å². The van der Waals surface area contributed by atoms with Gasteiger partial charge < -0.3 is 9.84 Å². The maximum atomic E-state index is 10.7. The molecule has 1 rings (SSSR count). The molecular weight excluding hydrogens is 222 g/mol. The van der Waals surface area contributed by atoms with Gasteiger partial charge in [0.15, 0.2) is 5.75 Å². The molecular formula is C9H8ClNO4. The average Bonchev–Trinajstić information content (AvgIpc) is 2.08. The van der Waals surface area contributed by atoms with Gasteiger partial charge in [0, 0.05) is 11.9 Å². The number of benzene rings is 1. The topological polar surface area (TPSA) is 75.6 Å². The van der Waals surface area contributed by atoms with E-state index in [1.54, 1.807) is 0 Å². The van der Waals surface area contributed by atoms with E-state index in [0.717, 1.165) is 0 Å². The van der Waals surface area contributed by atoms with Crippen LogP contribution in [-0.2, 0) is 4.79 Å². The summed E-state index contributed by atoms with van der Waals surface area (Å²) in [5, 5.41) is 10.9. The molecule has 0 spiro atoms. The van der Waals surface area contributed by atoms with E-state index in [2.05, 4.69) is 5.32 Å². The molecule has 0 unspecified atom stereocenters. The number of hydrogen-bond donors (Lipinski definition) is 2. The normalized spacial score (nSPS) is 9.47. The van der Waals surface area contributed by atoms with Crippen molar-refractivity contribution in [3.8, 4) is 5.75 Å². The molecule has 1 amide bonds. The van der Waals surface area contributed by atoms with Crippen molar-refractivity contribution in [3.63, 3.8) is 0 Å². The summed E-state index contributed by atoms with van der Waals surface area (Å²) in [6, 6.07) is 4.26. The molecule has 0 aliphatic heterocycles. The first-order valence-electron chi connectivity index (χ1n) is 3.97. The lowest BCUT2D eigenvalue weighted by atomic mass is 10.3. The Morgan fingerprint density at radius 3 is 2.67 bits per heavy atom. The Balaban J connectivity index is 3.02. The van der Waals surface area contributed by atoms with E-state index >= 15 is 0 Å². The lowest BCUT2D eigenvalue weighted by molar-refractivity contribution is -0.131. The number of hydrogen-bond acceptors (Lipinski definition) is 3. The summed E-state index contributed by atoms with van der Waals surface area (Å²) in [5.74, 6) is -0.417. The molecule has 15 heavy (non-hydrogen) atoms. The van der Waals surface area contributed by atoms with Crippen LogP contribution in [-0.4, -0.2) is 17.2 Å². The summed E-state index contributed by atoms with van der Waals surface area (Å²) in [7, 11) is 0. The molecule has 5 nitrogen and oxygen atoms in total. The van der Waals surface area contributed by atoms with Gasteiger partial charge in [-0.1, -0.05) is 11.6 Å². The van der Waals surface area contributed by atoms with Gasteiger partial charge in [0.2, 0.25) is 0 Å². The first kappa shape index (κ1) is 11.3. The van der Waals surface area contributed by atoms with Crippen LogP contribution in [0.1, 0.15) is 6.92 Å². The maximum Gasteiger partial charge on any atom is 0.409 e. The predicted octanol–water partition coefficient (Wildman–Crippen LogP) is 2.36. The maximum absolute atomic E-state index is 10.7. The van der Waals surface area contributed by atoms with Gasteiger partial charge in [-0.3, -0.25) is 10.1 Å². The SMILES string of the molecule is CC(=O)Oc1ccc(Cl)cc1NC(=O)O. The number of halogens is 1. The zero-order valence-corrected chi connectivity index (χ0v) is 8.54. The number of amides is 1. The van der Waals surface area contributed by atoms with Crippen molar-refractivity contribution in [1.29, 1.82) is 0 Å². The Morgan fingerprint density at radius 2 is 2.13 bits per heavy atom. The summed E-state index contributed by atoms with van der Waals surface area (Å²) >= 11 is 5.66. The smallest absolute Gasteiger partial charge is 0.409 e. The fourth-order valence-corrected chi connectivity index (χ4v) is 1.13. The van der Waals surface area contributed by atoms with Gasteiger partial charge in [-0.2, -0.15) is 0 Å². The van der Waals surface area contributed by atoms with Crippen molar-refractivity contribution in [2.24, 2.45) is 0 Å². The summed E-state index contributed by atoms with van der Waals surface area (Å²) in [6.07, 6.45) is -1.26. The highest BCUT2D eigenvalue weighted by molar-refractivity contribution is 6.31. The van der Waals surface area contributed by atoms with E-state index in [-0.39, 0.29) is 11.4 Å². The lowest BCUT2D eigenvalue weighted by Gasteiger charge is -2.08.